The van der Waals surface area contributed by atoms with Crippen molar-refractivity contribution in [3.63, 3.8) is 0 Å². The summed E-state index contributed by atoms with van der Waals surface area (Å²) in [7, 11) is 0. The second-order valence-corrected chi connectivity index (χ2v) is 4.24. The van der Waals surface area contributed by atoms with Crippen molar-refractivity contribution in [3.05, 3.63) is 42.0 Å². The molecule has 2 N–H and O–H groups in total. The summed E-state index contributed by atoms with van der Waals surface area (Å²) in [5.74, 6) is 0.144. The Bertz CT molecular complexity index is 621. The molecule has 19 heavy (non-hydrogen) atoms. The molecule has 0 saturated heterocycles. The highest BCUT2D eigenvalue weighted by atomic mass is 16.3. The van der Waals surface area contributed by atoms with Gasteiger partial charge in [-0.05, 0) is 16.8 Å². The molecule has 0 aliphatic carbocycles. The van der Waals surface area contributed by atoms with Crippen LogP contribution in [0.3, 0.4) is 0 Å². The summed E-state index contributed by atoms with van der Waals surface area (Å²) in [6.45, 7) is 2.46. The zero-order valence-electron chi connectivity index (χ0n) is 10.8. The van der Waals surface area contributed by atoms with Crippen LogP contribution in [0.25, 0.3) is 10.8 Å². The normalized spacial score (nSPS) is 11.0. The van der Waals surface area contributed by atoms with E-state index < -0.39 is 0 Å². The van der Waals surface area contributed by atoms with Gasteiger partial charge < -0.3 is 10.4 Å². The average molecular weight is 256 g/mol. The lowest BCUT2D eigenvalue weighted by Crippen LogP contribution is -2.22. The molecule has 2 aromatic carbocycles. The molecule has 4 heteroatoms. The number of carbonyl (C=O) groups is 1. The fourth-order valence-electron chi connectivity index (χ4n) is 1.87. The van der Waals surface area contributed by atoms with E-state index in [2.05, 4.69) is 10.3 Å². The third-order valence-electron chi connectivity index (χ3n) is 2.78. The molecule has 0 saturated carbocycles. The predicted molar refractivity (Wildman–Crippen MR) is 76.8 cm³/mol. The van der Waals surface area contributed by atoms with Crippen LogP contribution in [0.15, 0.2) is 41.4 Å². The molecule has 0 unspecified atom stereocenters. The van der Waals surface area contributed by atoms with Crippen molar-refractivity contribution < 1.29 is 9.90 Å². The number of nitrogens with one attached hydrogen (secondary N) is 1. The van der Waals surface area contributed by atoms with E-state index >= 15 is 0 Å². The first kappa shape index (κ1) is 13.1. The van der Waals surface area contributed by atoms with Crippen LogP contribution in [0.1, 0.15) is 12.5 Å². The van der Waals surface area contributed by atoms with E-state index in [1.54, 1.807) is 12.3 Å². The Morgan fingerprint density at radius 3 is 2.89 bits per heavy atom. The molecule has 0 radical (unpaired) electrons. The molecule has 0 aliphatic heterocycles. The SMILES string of the molecule is CC(=O)NCCN=Cc1c(O)ccc2ccccc12. The minimum absolute atomic E-state index is 0.0665. The number of hydrogen-bond donors (Lipinski definition) is 2. The van der Waals surface area contributed by atoms with E-state index in [1.165, 1.54) is 6.92 Å². The Morgan fingerprint density at radius 2 is 2.11 bits per heavy atom. The number of phenols is 1. The summed E-state index contributed by atoms with van der Waals surface area (Å²) in [5.41, 5.74) is 0.709. The highest BCUT2D eigenvalue weighted by Crippen LogP contribution is 2.25. The van der Waals surface area contributed by atoms with Gasteiger partial charge in [-0.1, -0.05) is 30.3 Å². The van der Waals surface area contributed by atoms with Crippen LogP contribution < -0.4 is 5.32 Å². The number of aliphatic imine (C=N–C) groups is 1. The molecule has 2 rings (SSSR count). The van der Waals surface area contributed by atoms with Crippen molar-refractivity contribution in [1.29, 1.82) is 0 Å². The van der Waals surface area contributed by atoms with Gasteiger partial charge in [-0.3, -0.25) is 9.79 Å². The number of carbonyl (C=O) groups excluding carboxylic acids is 1. The highest BCUT2D eigenvalue weighted by Gasteiger charge is 2.03. The number of hydrogen-bond acceptors (Lipinski definition) is 3. The Morgan fingerprint density at radius 1 is 1.32 bits per heavy atom. The molecule has 0 bridgehead atoms. The van der Waals surface area contributed by atoms with Crippen LogP contribution in [-0.4, -0.2) is 30.3 Å². The smallest absolute Gasteiger partial charge is 0.216 e. The van der Waals surface area contributed by atoms with Gasteiger partial charge in [0.2, 0.25) is 5.91 Å². The van der Waals surface area contributed by atoms with Crippen molar-refractivity contribution in [1.82, 2.24) is 5.32 Å². The Hall–Kier alpha value is -2.36. The topological polar surface area (TPSA) is 61.7 Å². The summed E-state index contributed by atoms with van der Waals surface area (Å²) in [5, 5.41) is 14.6. The van der Waals surface area contributed by atoms with Crippen LogP contribution in [0.2, 0.25) is 0 Å². The van der Waals surface area contributed by atoms with Gasteiger partial charge in [0.1, 0.15) is 5.75 Å². The molecule has 98 valence electrons. The first-order chi connectivity index (χ1) is 9.18. The molecule has 0 aromatic heterocycles. The summed E-state index contributed by atoms with van der Waals surface area (Å²) in [4.78, 5) is 14.9. The van der Waals surface area contributed by atoms with Crippen molar-refractivity contribution in [2.24, 2.45) is 4.99 Å². The van der Waals surface area contributed by atoms with Gasteiger partial charge in [-0.15, -0.1) is 0 Å². The number of nitrogens with zero attached hydrogens (tertiary/aromatic N) is 1. The second-order valence-electron chi connectivity index (χ2n) is 4.24. The van der Waals surface area contributed by atoms with E-state index in [0.717, 1.165) is 10.8 Å². The standard InChI is InChI=1S/C15H16N2O2/c1-11(18)17-9-8-16-10-14-13-5-3-2-4-12(13)6-7-15(14)19/h2-7,10,19H,8-9H2,1H3,(H,17,18). The first-order valence-corrected chi connectivity index (χ1v) is 6.13. The lowest BCUT2D eigenvalue weighted by molar-refractivity contribution is -0.118. The van der Waals surface area contributed by atoms with Crippen molar-refractivity contribution in [3.8, 4) is 5.75 Å². The summed E-state index contributed by atoms with van der Waals surface area (Å²) < 4.78 is 0. The fourth-order valence-corrected chi connectivity index (χ4v) is 1.87. The largest absolute Gasteiger partial charge is 0.507 e. The van der Waals surface area contributed by atoms with Crippen LogP contribution in [-0.2, 0) is 4.79 Å². The van der Waals surface area contributed by atoms with E-state index in [1.807, 2.05) is 30.3 Å². The van der Waals surface area contributed by atoms with Gasteiger partial charge in [0.05, 0.1) is 6.54 Å². The lowest BCUT2D eigenvalue weighted by atomic mass is 10.0. The van der Waals surface area contributed by atoms with Crippen LogP contribution in [0.5, 0.6) is 5.75 Å². The van der Waals surface area contributed by atoms with Gasteiger partial charge in [-0.25, -0.2) is 0 Å². The minimum atomic E-state index is -0.0665. The van der Waals surface area contributed by atoms with Gasteiger partial charge in [-0.2, -0.15) is 0 Å². The molecule has 0 spiro atoms. The van der Waals surface area contributed by atoms with Crippen LogP contribution in [0.4, 0.5) is 0 Å². The molecule has 2 aromatic rings. The third kappa shape index (κ3) is 3.31. The molecular formula is C15H16N2O2. The predicted octanol–water partition coefficient (Wildman–Crippen LogP) is 2.10. The molecule has 1 amide bonds. The highest BCUT2D eigenvalue weighted by molar-refractivity contribution is 6.02. The Balaban J connectivity index is 2.17. The van der Waals surface area contributed by atoms with Gasteiger partial charge in [0.25, 0.3) is 0 Å². The summed E-state index contributed by atoms with van der Waals surface area (Å²) in [6, 6.07) is 11.4. The fraction of sp³-hybridized carbons (Fsp3) is 0.200. The van der Waals surface area contributed by atoms with Crippen molar-refractivity contribution >= 4 is 22.9 Å². The van der Waals surface area contributed by atoms with Crippen molar-refractivity contribution in [2.75, 3.05) is 13.1 Å². The van der Waals surface area contributed by atoms with Crippen LogP contribution >= 0.6 is 0 Å². The van der Waals surface area contributed by atoms with E-state index in [0.29, 0.717) is 18.7 Å². The molecular weight excluding hydrogens is 240 g/mol. The molecule has 0 atom stereocenters. The number of aromatic hydroxyl groups is 1. The van der Waals surface area contributed by atoms with E-state index in [-0.39, 0.29) is 11.7 Å². The monoisotopic (exact) mass is 256 g/mol. The molecule has 4 nitrogen and oxygen atoms in total. The minimum Gasteiger partial charge on any atom is -0.507 e. The lowest BCUT2D eigenvalue weighted by Gasteiger charge is -2.04. The number of fused-ring (bicyclic) bond motifs is 1. The molecule has 0 heterocycles. The van der Waals surface area contributed by atoms with Gasteiger partial charge >= 0.3 is 0 Å². The molecule has 0 aliphatic rings. The summed E-state index contributed by atoms with van der Waals surface area (Å²) in [6.07, 6.45) is 1.65. The van der Waals surface area contributed by atoms with Crippen LogP contribution in [0, 0.1) is 0 Å². The molecule has 0 fully saturated rings. The zero-order chi connectivity index (χ0) is 13.7. The maximum atomic E-state index is 10.7. The van der Waals surface area contributed by atoms with Crippen molar-refractivity contribution in [2.45, 2.75) is 6.92 Å². The van der Waals surface area contributed by atoms with Gasteiger partial charge in [0, 0.05) is 25.2 Å². The second kappa shape index (κ2) is 6.00. The maximum Gasteiger partial charge on any atom is 0.216 e. The third-order valence-corrected chi connectivity index (χ3v) is 2.78. The first-order valence-electron chi connectivity index (χ1n) is 6.13. The van der Waals surface area contributed by atoms with Gasteiger partial charge in [0.15, 0.2) is 0 Å². The Kier molecular flexibility index (Phi) is 4.13. The Labute approximate surface area is 111 Å². The zero-order valence-corrected chi connectivity index (χ0v) is 10.8. The quantitative estimate of drug-likeness (QED) is 0.650. The number of phenolic OH excluding ortho intramolecular Hbond substituents is 1. The average Bonchev–Trinajstić information content (AvgIpc) is 2.40. The number of benzene rings is 2. The number of amides is 1. The summed E-state index contributed by atoms with van der Waals surface area (Å²) >= 11 is 0. The van der Waals surface area contributed by atoms with E-state index in [9.17, 15) is 9.90 Å². The van der Waals surface area contributed by atoms with E-state index in [4.69, 9.17) is 0 Å². The number of rotatable bonds is 4. The maximum absolute atomic E-state index is 10.7.